The highest BCUT2D eigenvalue weighted by Crippen LogP contribution is 2.27. The molecule has 0 unspecified atom stereocenters. The summed E-state index contributed by atoms with van der Waals surface area (Å²) in [5.74, 6) is 0.285. The minimum absolute atomic E-state index is 0.285. The van der Waals surface area contributed by atoms with E-state index in [1.165, 1.54) is 0 Å². The predicted molar refractivity (Wildman–Crippen MR) is 64.9 cm³/mol. The molecule has 1 N–H and O–H groups in total. The van der Waals surface area contributed by atoms with E-state index < -0.39 is 0 Å². The average Bonchev–Trinajstić information content (AvgIpc) is 2.33. The number of aromatic hydroxyl groups is 1. The van der Waals surface area contributed by atoms with Gasteiger partial charge in [-0.1, -0.05) is 42.5 Å². The number of hydrogen-bond donors (Lipinski definition) is 1. The second-order valence-electron chi connectivity index (χ2n) is 3.48. The van der Waals surface area contributed by atoms with E-state index in [9.17, 15) is 5.11 Å². The van der Waals surface area contributed by atoms with Crippen LogP contribution in [0.5, 0.6) is 5.75 Å². The SMILES string of the molecule is N#CCC=Cc1ccc(O)c2ccccc12. The van der Waals surface area contributed by atoms with Crippen LogP contribution in [0.25, 0.3) is 16.8 Å². The van der Waals surface area contributed by atoms with Crippen LogP contribution in [0.1, 0.15) is 12.0 Å². The molecule has 2 aromatic carbocycles. The first-order valence-electron chi connectivity index (χ1n) is 5.07. The van der Waals surface area contributed by atoms with Crippen LogP contribution < -0.4 is 0 Å². The van der Waals surface area contributed by atoms with Crippen molar-refractivity contribution in [3.63, 3.8) is 0 Å². The third-order valence-electron chi connectivity index (χ3n) is 2.44. The fraction of sp³-hybridized carbons (Fsp3) is 0.0714. The van der Waals surface area contributed by atoms with E-state index in [-0.39, 0.29) is 5.75 Å². The summed E-state index contributed by atoms with van der Waals surface area (Å²) in [7, 11) is 0. The first-order chi connectivity index (χ1) is 7.83. The molecule has 16 heavy (non-hydrogen) atoms. The molecule has 0 atom stereocenters. The normalized spacial score (nSPS) is 10.7. The zero-order valence-corrected chi connectivity index (χ0v) is 8.72. The summed E-state index contributed by atoms with van der Waals surface area (Å²) in [4.78, 5) is 0. The van der Waals surface area contributed by atoms with Crippen LogP contribution in [-0.4, -0.2) is 5.11 Å². The first-order valence-corrected chi connectivity index (χ1v) is 5.07. The van der Waals surface area contributed by atoms with Gasteiger partial charge in [0, 0.05) is 5.39 Å². The fourth-order valence-electron chi connectivity index (χ4n) is 1.69. The first kappa shape index (κ1) is 10.3. The summed E-state index contributed by atoms with van der Waals surface area (Å²) >= 11 is 0. The second-order valence-corrected chi connectivity index (χ2v) is 3.48. The molecule has 0 aliphatic heterocycles. The highest BCUT2D eigenvalue weighted by Gasteiger charge is 2.01. The Morgan fingerprint density at radius 3 is 2.62 bits per heavy atom. The quantitative estimate of drug-likeness (QED) is 0.822. The molecule has 2 heteroatoms. The summed E-state index contributed by atoms with van der Waals surface area (Å²) in [5, 5.41) is 20.0. The standard InChI is InChI=1S/C14H11NO/c15-10-4-3-5-11-8-9-14(16)13-7-2-1-6-12(11)13/h1-3,5-9,16H,4H2. The number of nitrogens with zero attached hydrogens (tertiary/aromatic N) is 1. The lowest BCUT2D eigenvalue weighted by Gasteiger charge is -2.04. The van der Waals surface area contributed by atoms with Gasteiger partial charge < -0.3 is 5.11 Å². The third kappa shape index (κ3) is 1.89. The van der Waals surface area contributed by atoms with Gasteiger partial charge in [-0.05, 0) is 17.0 Å². The third-order valence-corrected chi connectivity index (χ3v) is 2.44. The van der Waals surface area contributed by atoms with Gasteiger partial charge in [0.2, 0.25) is 0 Å². The van der Waals surface area contributed by atoms with Crippen molar-refractivity contribution in [1.29, 1.82) is 5.26 Å². The smallest absolute Gasteiger partial charge is 0.123 e. The van der Waals surface area contributed by atoms with E-state index >= 15 is 0 Å². The number of fused-ring (bicyclic) bond motifs is 1. The van der Waals surface area contributed by atoms with Gasteiger partial charge in [-0.25, -0.2) is 0 Å². The summed E-state index contributed by atoms with van der Waals surface area (Å²) in [6.45, 7) is 0. The van der Waals surface area contributed by atoms with Crippen molar-refractivity contribution in [2.45, 2.75) is 6.42 Å². The Hall–Kier alpha value is -2.27. The van der Waals surface area contributed by atoms with Gasteiger partial charge in [-0.2, -0.15) is 5.26 Å². The molecule has 0 aliphatic carbocycles. The highest BCUT2D eigenvalue weighted by atomic mass is 16.3. The van der Waals surface area contributed by atoms with Crippen molar-refractivity contribution in [1.82, 2.24) is 0 Å². The molecule has 0 fully saturated rings. The van der Waals surface area contributed by atoms with E-state index in [2.05, 4.69) is 6.07 Å². The molecular weight excluding hydrogens is 198 g/mol. The summed E-state index contributed by atoms with van der Waals surface area (Å²) in [6.07, 6.45) is 4.12. The average molecular weight is 209 g/mol. The second kappa shape index (κ2) is 4.50. The lowest BCUT2D eigenvalue weighted by Crippen LogP contribution is -1.79. The van der Waals surface area contributed by atoms with Crippen LogP contribution in [0, 0.1) is 11.3 Å². The van der Waals surface area contributed by atoms with Crippen LogP contribution >= 0.6 is 0 Å². The highest BCUT2D eigenvalue weighted by molar-refractivity contribution is 5.94. The van der Waals surface area contributed by atoms with E-state index in [1.807, 2.05) is 42.5 Å². The number of allylic oxidation sites excluding steroid dienone is 1. The van der Waals surface area contributed by atoms with Crippen molar-refractivity contribution in [3.05, 3.63) is 48.0 Å². The largest absolute Gasteiger partial charge is 0.507 e. The Morgan fingerprint density at radius 2 is 1.88 bits per heavy atom. The van der Waals surface area contributed by atoms with Gasteiger partial charge >= 0.3 is 0 Å². The minimum atomic E-state index is 0.285. The van der Waals surface area contributed by atoms with Gasteiger partial charge in [0.1, 0.15) is 5.75 Å². The van der Waals surface area contributed by atoms with Crippen molar-refractivity contribution >= 4 is 16.8 Å². The molecule has 0 aliphatic rings. The molecule has 2 aromatic rings. The molecule has 0 saturated heterocycles. The number of phenolic OH excluding ortho intramolecular Hbond substituents is 1. The van der Waals surface area contributed by atoms with Gasteiger partial charge in [-0.3, -0.25) is 0 Å². The Morgan fingerprint density at radius 1 is 1.12 bits per heavy atom. The zero-order chi connectivity index (χ0) is 11.4. The molecule has 0 amide bonds. The van der Waals surface area contributed by atoms with Crippen molar-refractivity contribution in [2.24, 2.45) is 0 Å². The maximum atomic E-state index is 9.69. The molecule has 2 rings (SSSR count). The number of hydrogen-bond acceptors (Lipinski definition) is 2. The zero-order valence-electron chi connectivity index (χ0n) is 8.72. The molecule has 0 bridgehead atoms. The molecule has 0 radical (unpaired) electrons. The topological polar surface area (TPSA) is 44.0 Å². The molecular formula is C14H11NO. The number of rotatable bonds is 2. The van der Waals surface area contributed by atoms with E-state index in [0.717, 1.165) is 16.3 Å². The van der Waals surface area contributed by atoms with Crippen LogP contribution in [0.4, 0.5) is 0 Å². The van der Waals surface area contributed by atoms with Crippen LogP contribution in [0.2, 0.25) is 0 Å². The van der Waals surface area contributed by atoms with Gasteiger partial charge in [0.05, 0.1) is 12.5 Å². The lowest BCUT2D eigenvalue weighted by atomic mass is 10.0. The number of benzene rings is 2. The summed E-state index contributed by atoms with van der Waals surface area (Å²) in [5.41, 5.74) is 1.02. The van der Waals surface area contributed by atoms with Crippen molar-refractivity contribution < 1.29 is 5.11 Å². The summed E-state index contributed by atoms with van der Waals surface area (Å²) < 4.78 is 0. The van der Waals surface area contributed by atoms with Crippen molar-refractivity contribution in [2.75, 3.05) is 0 Å². The lowest BCUT2D eigenvalue weighted by molar-refractivity contribution is 0.481. The molecule has 2 nitrogen and oxygen atoms in total. The van der Waals surface area contributed by atoms with E-state index in [1.54, 1.807) is 6.07 Å². The van der Waals surface area contributed by atoms with Gasteiger partial charge in [0.25, 0.3) is 0 Å². The van der Waals surface area contributed by atoms with Gasteiger partial charge in [-0.15, -0.1) is 0 Å². The van der Waals surface area contributed by atoms with Crippen LogP contribution in [0.3, 0.4) is 0 Å². The minimum Gasteiger partial charge on any atom is -0.507 e. The molecule has 0 aromatic heterocycles. The van der Waals surface area contributed by atoms with Crippen LogP contribution in [0.15, 0.2) is 42.5 Å². The predicted octanol–water partition coefficient (Wildman–Crippen LogP) is 3.47. The van der Waals surface area contributed by atoms with Crippen LogP contribution in [-0.2, 0) is 0 Å². The molecule has 0 saturated carbocycles. The Kier molecular flexibility index (Phi) is 2.88. The molecule has 78 valence electrons. The Balaban J connectivity index is 2.55. The van der Waals surface area contributed by atoms with E-state index in [0.29, 0.717) is 6.42 Å². The molecule has 0 heterocycles. The van der Waals surface area contributed by atoms with Crippen molar-refractivity contribution in [3.8, 4) is 11.8 Å². The maximum Gasteiger partial charge on any atom is 0.123 e. The fourth-order valence-corrected chi connectivity index (χ4v) is 1.69. The Labute approximate surface area is 94.1 Å². The number of nitriles is 1. The van der Waals surface area contributed by atoms with E-state index in [4.69, 9.17) is 5.26 Å². The number of phenols is 1. The Bertz CT molecular complexity index is 579. The molecule has 0 spiro atoms. The monoisotopic (exact) mass is 209 g/mol. The van der Waals surface area contributed by atoms with Gasteiger partial charge in [0.15, 0.2) is 0 Å². The maximum absolute atomic E-state index is 9.69. The summed E-state index contributed by atoms with van der Waals surface area (Å²) in [6, 6.07) is 13.3.